The molecule has 6 heteroatoms. The van der Waals surface area contributed by atoms with E-state index in [4.69, 9.17) is 9.52 Å². The average molecular weight is 312 g/mol. The van der Waals surface area contributed by atoms with Crippen molar-refractivity contribution < 1.29 is 14.3 Å². The first-order valence-electron chi connectivity index (χ1n) is 7.25. The molecule has 0 radical (unpaired) electrons. The number of hydrogen-bond donors (Lipinski definition) is 2. The van der Waals surface area contributed by atoms with Crippen LogP contribution in [0.25, 0.3) is 11.1 Å². The van der Waals surface area contributed by atoms with Gasteiger partial charge in [0.15, 0.2) is 5.58 Å². The zero-order valence-corrected chi connectivity index (χ0v) is 12.4. The van der Waals surface area contributed by atoms with Crippen LogP contribution >= 0.6 is 0 Å². The number of nitrogens with one attached hydrogen (secondary N) is 1. The normalized spacial score (nSPS) is 10.8. The van der Waals surface area contributed by atoms with Crippen molar-refractivity contribution in [2.24, 2.45) is 0 Å². The summed E-state index contributed by atoms with van der Waals surface area (Å²) < 4.78 is 6.57. The lowest BCUT2D eigenvalue weighted by atomic mass is 10.2. The zero-order valence-electron chi connectivity index (χ0n) is 12.4. The van der Waals surface area contributed by atoms with Gasteiger partial charge < -0.3 is 14.8 Å². The predicted octanol–water partition coefficient (Wildman–Crippen LogP) is 2.12. The fraction of sp³-hybridized carbons (Fsp3) is 0.176. The van der Waals surface area contributed by atoms with Crippen LogP contribution in [-0.4, -0.2) is 15.6 Å². The van der Waals surface area contributed by atoms with E-state index < -0.39 is 5.76 Å². The van der Waals surface area contributed by atoms with E-state index in [1.165, 1.54) is 4.57 Å². The van der Waals surface area contributed by atoms with Gasteiger partial charge in [0.1, 0.15) is 0 Å². The number of anilines is 1. The van der Waals surface area contributed by atoms with E-state index in [2.05, 4.69) is 5.32 Å². The van der Waals surface area contributed by atoms with Gasteiger partial charge in [-0.2, -0.15) is 0 Å². The van der Waals surface area contributed by atoms with Crippen molar-refractivity contribution in [1.82, 2.24) is 4.57 Å². The molecule has 118 valence electrons. The topological polar surface area (TPSA) is 84.5 Å². The van der Waals surface area contributed by atoms with Crippen LogP contribution < -0.4 is 11.1 Å². The summed E-state index contributed by atoms with van der Waals surface area (Å²) in [4.78, 5) is 23.9. The lowest BCUT2D eigenvalue weighted by molar-refractivity contribution is -0.116. The monoisotopic (exact) mass is 312 g/mol. The highest BCUT2D eigenvalue weighted by Crippen LogP contribution is 2.13. The third kappa shape index (κ3) is 3.32. The van der Waals surface area contributed by atoms with E-state index in [0.717, 1.165) is 5.56 Å². The zero-order chi connectivity index (χ0) is 16.2. The van der Waals surface area contributed by atoms with E-state index in [-0.39, 0.29) is 25.5 Å². The minimum absolute atomic E-state index is 0.0832. The van der Waals surface area contributed by atoms with Gasteiger partial charge in [-0.3, -0.25) is 9.36 Å². The Hall–Kier alpha value is -2.86. The van der Waals surface area contributed by atoms with E-state index in [1.807, 2.05) is 6.07 Å². The van der Waals surface area contributed by atoms with Crippen molar-refractivity contribution in [2.75, 3.05) is 5.32 Å². The Balaban J connectivity index is 1.68. The van der Waals surface area contributed by atoms with E-state index in [0.29, 0.717) is 16.8 Å². The highest BCUT2D eigenvalue weighted by Gasteiger charge is 2.10. The molecule has 6 nitrogen and oxygen atoms in total. The number of rotatable bonds is 5. The number of aryl methyl sites for hydroxylation is 1. The van der Waals surface area contributed by atoms with Gasteiger partial charge in [0.25, 0.3) is 0 Å². The van der Waals surface area contributed by atoms with Gasteiger partial charge in [0.05, 0.1) is 12.1 Å². The van der Waals surface area contributed by atoms with Crippen LogP contribution in [0.15, 0.2) is 57.7 Å². The average Bonchev–Trinajstić information content (AvgIpc) is 2.88. The van der Waals surface area contributed by atoms with Crippen LogP contribution in [0.1, 0.15) is 12.0 Å². The van der Waals surface area contributed by atoms with Gasteiger partial charge in [-0.25, -0.2) is 4.79 Å². The van der Waals surface area contributed by atoms with Crippen LogP contribution in [0, 0.1) is 0 Å². The van der Waals surface area contributed by atoms with Gasteiger partial charge in [0.2, 0.25) is 5.91 Å². The van der Waals surface area contributed by atoms with Gasteiger partial charge in [-0.1, -0.05) is 24.3 Å². The lowest BCUT2D eigenvalue weighted by Crippen LogP contribution is -2.19. The highest BCUT2D eigenvalue weighted by molar-refractivity contribution is 5.90. The number of carbonyl (C=O) groups is 1. The summed E-state index contributed by atoms with van der Waals surface area (Å²) in [7, 11) is 0. The van der Waals surface area contributed by atoms with Crippen LogP contribution in [0.3, 0.4) is 0 Å². The largest absolute Gasteiger partial charge is 0.419 e. The summed E-state index contributed by atoms with van der Waals surface area (Å²) in [6.07, 6.45) is 0.146. The number of oxazole rings is 1. The molecule has 0 saturated carbocycles. The third-order valence-corrected chi connectivity index (χ3v) is 3.53. The molecule has 1 amide bonds. The molecular weight excluding hydrogens is 296 g/mol. The van der Waals surface area contributed by atoms with Crippen LogP contribution in [-0.2, 0) is 17.9 Å². The number of hydrogen-bond acceptors (Lipinski definition) is 4. The molecule has 1 aromatic heterocycles. The van der Waals surface area contributed by atoms with Crippen molar-refractivity contribution in [3.05, 3.63) is 64.6 Å². The number of aromatic nitrogens is 1. The fourth-order valence-corrected chi connectivity index (χ4v) is 2.41. The molecular formula is C17H16N2O4. The first kappa shape index (κ1) is 15.1. The Bertz CT molecular complexity index is 895. The first-order chi connectivity index (χ1) is 11.2. The lowest BCUT2D eigenvalue weighted by Gasteiger charge is -2.07. The quantitative estimate of drug-likeness (QED) is 0.756. The Labute approximate surface area is 132 Å². The smallest absolute Gasteiger partial charge is 0.408 e. The van der Waals surface area contributed by atoms with Gasteiger partial charge in [0, 0.05) is 18.7 Å². The molecule has 2 N–H and O–H groups in total. The number of fused-ring (bicyclic) bond motifs is 1. The van der Waals surface area contributed by atoms with E-state index >= 15 is 0 Å². The standard InChI is InChI=1S/C17H16N2O4/c20-11-12-4-3-5-13(10-12)18-16(21)8-9-19-14-6-1-2-7-15(14)23-17(19)22/h1-7,10,20H,8-9,11H2,(H,18,21). The predicted molar refractivity (Wildman–Crippen MR) is 86.1 cm³/mol. The van der Waals surface area contributed by atoms with Crippen molar-refractivity contribution in [2.45, 2.75) is 19.6 Å². The van der Waals surface area contributed by atoms with Gasteiger partial charge >= 0.3 is 5.76 Å². The van der Waals surface area contributed by atoms with Crippen molar-refractivity contribution in [1.29, 1.82) is 0 Å². The fourth-order valence-electron chi connectivity index (χ4n) is 2.41. The third-order valence-electron chi connectivity index (χ3n) is 3.53. The molecule has 0 saturated heterocycles. The molecule has 23 heavy (non-hydrogen) atoms. The summed E-state index contributed by atoms with van der Waals surface area (Å²) in [5.41, 5.74) is 2.52. The number of benzene rings is 2. The van der Waals surface area contributed by atoms with E-state index in [1.54, 1.807) is 42.5 Å². The number of amides is 1. The second-order valence-corrected chi connectivity index (χ2v) is 5.14. The highest BCUT2D eigenvalue weighted by atomic mass is 16.4. The molecule has 0 unspecified atom stereocenters. The Kier molecular flexibility index (Phi) is 4.25. The number of aliphatic hydroxyl groups excluding tert-OH is 1. The Morgan fingerprint density at radius 1 is 1.17 bits per heavy atom. The molecule has 3 aromatic rings. The maximum Gasteiger partial charge on any atom is 0.419 e. The Morgan fingerprint density at radius 3 is 2.83 bits per heavy atom. The summed E-state index contributed by atoms with van der Waals surface area (Å²) in [5.74, 6) is -0.682. The SMILES string of the molecule is O=C(CCn1c(=O)oc2ccccc21)Nc1cccc(CO)c1. The minimum atomic E-state index is -0.471. The molecule has 0 fully saturated rings. The molecule has 3 rings (SSSR count). The molecule has 0 atom stereocenters. The summed E-state index contributed by atoms with van der Waals surface area (Å²) in [6, 6.07) is 14.1. The summed E-state index contributed by atoms with van der Waals surface area (Å²) >= 11 is 0. The second kappa shape index (κ2) is 6.50. The number of carbonyl (C=O) groups excluding carboxylic acids is 1. The molecule has 0 aliphatic heterocycles. The molecule has 0 spiro atoms. The van der Waals surface area contributed by atoms with Crippen LogP contribution in [0.5, 0.6) is 0 Å². The van der Waals surface area contributed by atoms with Gasteiger partial charge in [-0.05, 0) is 29.8 Å². The maximum atomic E-state index is 12.0. The number of nitrogens with zero attached hydrogens (tertiary/aromatic N) is 1. The van der Waals surface area contributed by atoms with Crippen molar-refractivity contribution >= 4 is 22.7 Å². The second-order valence-electron chi connectivity index (χ2n) is 5.14. The van der Waals surface area contributed by atoms with Gasteiger partial charge in [-0.15, -0.1) is 0 Å². The van der Waals surface area contributed by atoms with E-state index in [9.17, 15) is 9.59 Å². The maximum absolute atomic E-state index is 12.0. The molecule has 2 aromatic carbocycles. The summed E-state index contributed by atoms with van der Waals surface area (Å²) in [6.45, 7) is 0.154. The molecule has 0 aliphatic rings. The molecule has 0 aliphatic carbocycles. The summed E-state index contributed by atoms with van der Waals surface area (Å²) in [5, 5.41) is 11.8. The molecule has 0 bridgehead atoms. The van der Waals surface area contributed by atoms with Crippen LogP contribution in [0.2, 0.25) is 0 Å². The minimum Gasteiger partial charge on any atom is -0.408 e. The Morgan fingerprint density at radius 2 is 2.00 bits per heavy atom. The van der Waals surface area contributed by atoms with Crippen molar-refractivity contribution in [3.63, 3.8) is 0 Å². The van der Waals surface area contributed by atoms with Crippen LogP contribution in [0.4, 0.5) is 5.69 Å². The number of aliphatic hydroxyl groups is 1. The first-order valence-corrected chi connectivity index (χ1v) is 7.25. The number of para-hydroxylation sites is 2. The van der Waals surface area contributed by atoms with Crippen molar-refractivity contribution in [3.8, 4) is 0 Å². The molecule has 1 heterocycles.